The molecule has 0 N–H and O–H groups in total. The summed E-state index contributed by atoms with van der Waals surface area (Å²) in [4.78, 5) is 15.0. The number of hydrogen-bond acceptors (Lipinski definition) is 6. The number of benzene rings is 3. The Morgan fingerprint density at radius 2 is 1.42 bits per heavy atom. The zero-order chi connectivity index (χ0) is 23.5. The van der Waals surface area contributed by atoms with E-state index in [-0.39, 0.29) is 11.9 Å². The van der Waals surface area contributed by atoms with Crippen LogP contribution >= 0.6 is 15.9 Å². The number of rotatable bonds is 8. The van der Waals surface area contributed by atoms with Crippen LogP contribution in [0, 0.1) is 0 Å². The number of ether oxygens (including phenoxy) is 5. The second kappa shape index (κ2) is 9.62. The summed E-state index contributed by atoms with van der Waals surface area (Å²) >= 11 is 3.55. The highest BCUT2D eigenvalue weighted by molar-refractivity contribution is 9.10. The van der Waals surface area contributed by atoms with Gasteiger partial charge in [0.1, 0.15) is 17.5 Å². The first-order chi connectivity index (χ1) is 16.0. The van der Waals surface area contributed by atoms with E-state index in [4.69, 9.17) is 23.7 Å². The van der Waals surface area contributed by atoms with Crippen molar-refractivity contribution in [3.8, 4) is 28.7 Å². The van der Waals surface area contributed by atoms with E-state index in [1.807, 2.05) is 48.5 Å². The number of anilines is 1. The fourth-order valence-corrected chi connectivity index (χ4v) is 4.47. The molecule has 3 aromatic rings. The fourth-order valence-electron chi connectivity index (χ4n) is 3.91. The molecule has 33 heavy (non-hydrogen) atoms. The molecule has 0 radical (unpaired) electrons. The highest BCUT2D eigenvalue weighted by Crippen LogP contribution is 2.47. The number of amides is 1. The third-order valence-corrected chi connectivity index (χ3v) is 6.12. The number of hydrogen-bond donors (Lipinski definition) is 0. The van der Waals surface area contributed by atoms with Gasteiger partial charge in [-0.2, -0.15) is 0 Å². The standard InChI is InChI=1S/C25H24BrNO6/c1-29-19-11-10-15(12-18(19)26)22-24(33-17-8-6-5-7-9-17)25(28)27(22)16-13-20(30-2)23(32-4)21(14-16)31-3/h5-14,22,24H,1-4H3/t22-,24-/m1/s1. The molecule has 0 aromatic heterocycles. The third-order valence-electron chi connectivity index (χ3n) is 5.50. The summed E-state index contributed by atoms with van der Waals surface area (Å²) < 4.78 is 28.7. The number of para-hydroxylation sites is 1. The first kappa shape index (κ1) is 22.8. The van der Waals surface area contributed by atoms with E-state index in [9.17, 15) is 4.79 Å². The van der Waals surface area contributed by atoms with Crippen LogP contribution in [0.3, 0.4) is 0 Å². The Labute approximate surface area is 200 Å². The molecule has 3 aromatic carbocycles. The van der Waals surface area contributed by atoms with E-state index in [1.54, 1.807) is 38.4 Å². The van der Waals surface area contributed by atoms with Crippen molar-refractivity contribution in [2.75, 3.05) is 33.3 Å². The van der Waals surface area contributed by atoms with E-state index < -0.39 is 6.10 Å². The van der Waals surface area contributed by atoms with E-state index in [2.05, 4.69) is 15.9 Å². The molecule has 0 bridgehead atoms. The Bertz CT molecular complexity index is 1130. The highest BCUT2D eigenvalue weighted by Gasteiger charge is 2.51. The van der Waals surface area contributed by atoms with Crippen molar-refractivity contribution < 1.29 is 28.5 Å². The minimum Gasteiger partial charge on any atom is -0.496 e. The smallest absolute Gasteiger partial charge is 0.271 e. The monoisotopic (exact) mass is 513 g/mol. The van der Waals surface area contributed by atoms with Crippen molar-refractivity contribution in [1.29, 1.82) is 0 Å². The van der Waals surface area contributed by atoms with Crippen molar-refractivity contribution in [1.82, 2.24) is 0 Å². The maximum atomic E-state index is 13.4. The predicted octanol–water partition coefficient (Wildman–Crippen LogP) is 5.02. The lowest BCUT2D eigenvalue weighted by Crippen LogP contribution is -2.61. The lowest BCUT2D eigenvalue weighted by atomic mass is 9.89. The summed E-state index contributed by atoms with van der Waals surface area (Å²) in [5, 5.41) is 0. The number of β-lactam (4-membered cyclic amide) rings is 1. The van der Waals surface area contributed by atoms with Crippen molar-refractivity contribution in [3.05, 3.63) is 70.7 Å². The predicted molar refractivity (Wildman–Crippen MR) is 128 cm³/mol. The van der Waals surface area contributed by atoms with Crippen LogP contribution in [-0.2, 0) is 4.79 Å². The Balaban J connectivity index is 1.78. The lowest BCUT2D eigenvalue weighted by Gasteiger charge is -2.46. The first-order valence-corrected chi connectivity index (χ1v) is 11.0. The molecule has 0 aliphatic carbocycles. The van der Waals surface area contributed by atoms with Crippen molar-refractivity contribution in [2.24, 2.45) is 0 Å². The normalized spacial score (nSPS) is 17.2. The van der Waals surface area contributed by atoms with Gasteiger partial charge in [0.05, 0.1) is 38.6 Å². The van der Waals surface area contributed by atoms with Crippen LogP contribution in [0.5, 0.6) is 28.7 Å². The Morgan fingerprint density at radius 3 is 1.97 bits per heavy atom. The first-order valence-electron chi connectivity index (χ1n) is 10.2. The highest BCUT2D eigenvalue weighted by atomic mass is 79.9. The second-order valence-corrected chi connectivity index (χ2v) is 8.14. The summed E-state index contributed by atoms with van der Waals surface area (Å²) in [5.74, 6) is 2.52. The van der Waals surface area contributed by atoms with E-state index >= 15 is 0 Å². The lowest BCUT2D eigenvalue weighted by molar-refractivity contribution is -0.135. The minimum absolute atomic E-state index is 0.176. The van der Waals surface area contributed by atoms with E-state index in [0.717, 1.165) is 10.0 Å². The van der Waals surface area contributed by atoms with Crippen molar-refractivity contribution >= 4 is 27.5 Å². The molecule has 4 rings (SSSR count). The molecular weight excluding hydrogens is 490 g/mol. The molecule has 1 fully saturated rings. The molecule has 1 aliphatic rings. The summed E-state index contributed by atoms with van der Waals surface area (Å²) in [6.45, 7) is 0. The van der Waals surface area contributed by atoms with Gasteiger partial charge in [-0.15, -0.1) is 0 Å². The average Bonchev–Trinajstić information content (AvgIpc) is 2.85. The number of halogens is 1. The summed E-state index contributed by atoms with van der Waals surface area (Å²) in [6, 6.07) is 18.1. The van der Waals surface area contributed by atoms with Gasteiger partial charge in [-0.3, -0.25) is 9.69 Å². The van der Waals surface area contributed by atoms with Gasteiger partial charge in [0.2, 0.25) is 11.9 Å². The minimum atomic E-state index is -0.702. The summed E-state index contributed by atoms with van der Waals surface area (Å²) in [6.07, 6.45) is -0.702. The molecular formula is C25H24BrNO6. The van der Waals surface area contributed by atoms with E-state index in [0.29, 0.717) is 34.4 Å². The SMILES string of the molecule is COc1ccc([C@@H]2[C@@H](Oc3ccccc3)C(=O)N2c2cc(OC)c(OC)c(OC)c2)cc1Br. The van der Waals surface area contributed by atoms with Gasteiger partial charge >= 0.3 is 0 Å². The Morgan fingerprint density at radius 1 is 0.788 bits per heavy atom. The maximum Gasteiger partial charge on any atom is 0.271 e. The third kappa shape index (κ3) is 4.18. The van der Waals surface area contributed by atoms with Gasteiger partial charge in [0.25, 0.3) is 5.91 Å². The maximum absolute atomic E-state index is 13.4. The molecule has 2 atom stereocenters. The van der Waals surface area contributed by atoms with Crippen LogP contribution in [0.4, 0.5) is 5.69 Å². The average molecular weight is 514 g/mol. The van der Waals surface area contributed by atoms with Gasteiger partial charge in [-0.25, -0.2) is 0 Å². The van der Waals surface area contributed by atoms with Crippen LogP contribution in [0.25, 0.3) is 0 Å². The molecule has 1 saturated heterocycles. The zero-order valence-electron chi connectivity index (χ0n) is 18.7. The zero-order valence-corrected chi connectivity index (χ0v) is 20.3. The van der Waals surface area contributed by atoms with Gasteiger partial charge in [-0.05, 0) is 45.8 Å². The van der Waals surface area contributed by atoms with Gasteiger partial charge in [0.15, 0.2) is 11.5 Å². The topological polar surface area (TPSA) is 66.5 Å². The van der Waals surface area contributed by atoms with Gasteiger partial charge in [-0.1, -0.05) is 24.3 Å². The molecule has 172 valence electrons. The van der Waals surface area contributed by atoms with Crippen LogP contribution in [0.1, 0.15) is 11.6 Å². The summed E-state index contributed by atoms with van der Waals surface area (Å²) in [7, 11) is 6.23. The van der Waals surface area contributed by atoms with Crippen molar-refractivity contribution in [2.45, 2.75) is 12.1 Å². The van der Waals surface area contributed by atoms with Crippen LogP contribution in [0.2, 0.25) is 0 Å². The molecule has 0 spiro atoms. The molecule has 1 aliphatic heterocycles. The van der Waals surface area contributed by atoms with Crippen LogP contribution in [0.15, 0.2) is 65.1 Å². The molecule has 0 unspecified atom stereocenters. The summed E-state index contributed by atoms with van der Waals surface area (Å²) in [5.41, 5.74) is 1.50. The molecule has 7 nitrogen and oxygen atoms in total. The van der Waals surface area contributed by atoms with Crippen molar-refractivity contribution in [3.63, 3.8) is 0 Å². The van der Waals surface area contributed by atoms with Gasteiger partial charge < -0.3 is 23.7 Å². The van der Waals surface area contributed by atoms with Crippen LogP contribution < -0.4 is 28.6 Å². The second-order valence-electron chi connectivity index (χ2n) is 7.28. The number of methoxy groups -OCH3 is 4. The van der Waals surface area contributed by atoms with E-state index in [1.165, 1.54) is 7.11 Å². The number of nitrogens with zero attached hydrogens (tertiary/aromatic N) is 1. The Hall–Kier alpha value is -3.39. The van der Waals surface area contributed by atoms with Gasteiger partial charge in [0, 0.05) is 12.1 Å². The molecule has 1 amide bonds. The number of carbonyl (C=O) groups is 1. The Kier molecular flexibility index (Phi) is 6.65. The molecule has 1 heterocycles. The quantitative estimate of drug-likeness (QED) is 0.394. The van der Waals surface area contributed by atoms with Crippen LogP contribution in [-0.4, -0.2) is 40.5 Å². The fraction of sp³-hybridized carbons (Fsp3) is 0.240. The largest absolute Gasteiger partial charge is 0.496 e. The molecule has 8 heteroatoms. The molecule has 0 saturated carbocycles. The number of carbonyl (C=O) groups excluding carboxylic acids is 1.